The van der Waals surface area contributed by atoms with Crippen LogP contribution in [0.2, 0.25) is 0 Å². The van der Waals surface area contributed by atoms with Gasteiger partial charge in [-0.1, -0.05) is 6.58 Å². The van der Waals surface area contributed by atoms with Gasteiger partial charge in [0.25, 0.3) is 5.91 Å². The van der Waals surface area contributed by atoms with Crippen LogP contribution >= 0.6 is 0 Å². The first kappa shape index (κ1) is 16.2. The second-order valence-electron chi connectivity index (χ2n) is 6.58. The van der Waals surface area contributed by atoms with Gasteiger partial charge >= 0.3 is 6.09 Å². The SMILES string of the molecule is C=C1NC=C(N2CCN(C(=O)OC(C)(C)C)C(C)C2)C(=O)N1. The molecule has 0 spiro atoms. The molecular weight excluding hydrogens is 284 g/mol. The molecule has 1 unspecified atom stereocenters. The van der Waals surface area contributed by atoms with Gasteiger partial charge in [-0.2, -0.15) is 0 Å². The summed E-state index contributed by atoms with van der Waals surface area (Å²) >= 11 is 0. The highest BCUT2D eigenvalue weighted by molar-refractivity contribution is 5.94. The van der Waals surface area contributed by atoms with E-state index in [9.17, 15) is 9.59 Å². The lowest BCUT2D eigenvalue weighted by molar-refractivity contribution is -0.119. The maximum atomic E-state index is 12.2. The van der Waals surface area contributed by atoms with Gasteiger partial charge < -0.3 is 25.2 Å². The van der Waals surface area contributed by atoms with Crippen molar-refractivity contribution in [3.05, 3.63) is 24.3 Å². The Morgan fingerprint density at radius 2 is 2.09 bits per heavy atom. The fourth-order valence-electron chi connectivity index (χ4n) is 2.46. The molecule has 1 fully saturated rings. The summed E-state index contributed by atoms with van der Waals surface area (Å²) in [5, 5.41) is 5.55. The van der Waals surface area contributed by atoms with Crippen molar-refractivity contribution < 1.29 is 14.3 Å². The molecule has 0 aromatic rings. The molecule has 1 atom stereocenters. The van der Waals surface area contributed by atoms with Crippen LogP contribution in [0.3, 0.4) is 0 Å². The van der Waals surface area contributed by atoms with Crippen LogP contribution in [0.1, 0.15) is 27.7 Å². The van der Waals surface area contributed by atoms with Crippen molar-refractivity contribution in [2.75, 3.05) is 19.6 Å². The highest BCUT2D eigenvalue weighted by Crippen LogP contribution is 2.19. The van der Waals surface area contributed by atoms with Gasteiger partial charge in [0.05, 0.1) is 0 Å². The van der Waals surface area contributed by atoms with Gasteiger partial charge in [-0.3, -0.25) is 4.79 Å². The molecular formula is C15H24N4O3. The number of rotatable bonds is 1. The monoisotopic (exact) mass is 308 g/mol. The maximum Gasteiger partial charge on any atom is 0.410 e. The van der Waals surface area contributed by atoms with Crippen molar-refractivity contribution in [3.8, 4) is 0 Å². The molecule has 0 aromatic carbocycles. The molecule has 1 saturated heterocycles. The smallest absolute Gasteiger partial charge is 0.410 e. The number of hydrogen-bond acceptors (Lipinski definition) is 5. The van der Waals surface area contributed by atoms with Gasteiger partial charge in [-0.05, 0) is 27.7 Å². The highest BCUT2D eigenvalue weighted by atomic mass is 16.6. The number of nitrogens with zero attached hydrogens (tertiary/aromatic N) is 2. The van der Waals surface area contributed by atoms with Gasteiger partial charge in [-0.25, -0.2) is 4.79 Å². The number of carbonyl (C=O) groups excluding carboxylic acids is 2. The fraction of sp³-hybridized carbons (Fsp3) is 0.600. The van der Waals surface area contributed by atoms with Crippen molar-refractivity contribution in [1.29, 1.82) is 0 Å². The Hall–Kier alpha value is -2.18. The lowest BCUT2D eigenvalue weighted by Crippen LogP contribution is -2.56. The maximum absolute atomic E-state index is 12.2. The van der Waals surface area contributed by atoms with Crippen molar-refractivity contribution in [2.24, 2.45) is 0 Å². The third-order valence-corrected chi connectivity index (χ3v) is 3.48. The first-order valence-electron chi connectivity index (χ1n) is 7.39. The van der Waals surface area contributed by atoms with Crippen LogP contribution in [0.4, 0.5) is 4.79 Å². The van der Waals surface area contributed by atoms with Crippen LogP contribution in [-0.4, -0.2) is 53.1 Å². The Labute approximate surface area is 131 Å². The molecule has 0 aromatic heterocycles. The zero-order chi connectivity index (χ0) is 16.5. The summed E-state index contributed by atoms with van der Waals surface area (Å²) in [6.45, 7) is 12.8. The van der Waals surface area contributed by atoms with Crippen LogP contribution in [0.5, 0.6) is 0 Å². The van der Waals surface area contributed by atoms with Crippen LogP contribution in [-0.2, 0) is 9.53 Å². The fourth-order valence-corrected chi connectivity index (χ4v) is 2.46. The van der Waals surface area contributed by atoms with E-state index in [4.69, 9.17) is 4.74 Å². The lowest BCUT2D eigenvalue weighted by Gasteiger charge is -2.42. The van der Waals surface area contributed by atoms with Crippen molar-refractivity contribution >= 4 is 12.0 Å². The average molecular weight is 308 g/mol. The van der Waals surface area contributed by atoms with E-state index in [1.807, 2.05) is 32.6 Å². The van der Waals surface area contributed by atoms with Gasteiger partial charge in [0.15, 0.2) is 0 Å². The summed E-state index contributed by atoms with van der Waals surface area (Å²) in [5.74, 6) is 0.288. The van der Waals surface area contributed by atoms with E-state index in [-0.39, 0.29) is 18.0 Å². The summed E-state index contributed by atoms with van der Waals surface area (Å²) < 4.78 is 5.41. The minimum atomic E-state index is -0.510. The summed E-state index contributed by atoms with van der Waals surface area (Å²) in [6.07, 6.45) is 1.34. The van der Waals surface area contributed by atoms with Gasteiger partial charge in [0.2, 0.25) is 0 Å². The first-order chi connectivity index (χ1) is 10.2. The third-order valence-electron chi connectivity index (χ3n) is 3.48. The number of ether oxygens (including phenoxy) is 1. The van der Waals surface area contributed by atoms with Gasteiger partial charge in [0.1, 0.15) is 17.1 Å². The topological polar surface area (TPSA) is 73.9 Å². The zero-order valence-electron chi connectivity index (χ0n) is 13.6. The Kier molecular flexibility index (Phi) is 4.35. The molecule has 7 heteroatoms. The lowest BCUT2D eigenvalue weighted by atomic mass is 10.1. The summed E-state index contributed by atoms with van der Waals surface area (Å²) in [6, 6.07) is -0.0394. The summed E-state index contributed by atoms with van der Waals surface area (Å²) in [5.41, 5.74) is 0.0485. The molecule has 2 rings (SSSR count). The second kappa shape index (κ2) is 5.90. The number of amides is 2. The molecule has 2 amide bonds. The zero-order valence-corrected chi connectivity index (χ0v) is 13.6. The molecule has 2 aliphatic rings. The molecule has 2 N–H and O–H groups in total. The Bertz CT molecular complexity index is 521. The number of piperazine rings is 1. The number of carbonyl (C=O) groups is 2. The third kappa shape index (κ3) is 3.72. The second-order valence-corrected chi connectivity index (χ2v) is 6.58. The van der Waals surface area contributed by atoms with E-state index in [2.05, 4.69) is 17.2 Å². The number of hydrogen-bond donors (Lipinski definition) is 2. The van der Waals surface area contributed by atoms with E-state index in [0.717, 1.165) is 0 Å². The first-order valence-corrected chi connectivity index (χ1v) is 7.39. The van der Waals surface area contributed by atoms with Gasteiger partial charge in [-0.15, -0.1) is 0 Å². The highest BCUT2D eigenvalue weighted by Gasteiger charge is 2.33. The molecule has 0 saturated carbocycles. The average Bonchev–Trinajstić information content (AvgIpc) is 2.36. The quantitative estimate of drug-likeness (QED) is 0.755. The Morgan fingerprint density at radius 3 is 2.64 bits per heavy atom. The van der Waals surface area contributed by atoms with Crippen LogP contribution in [0.15, 0.2) is 24.3 Å². The van der Waals surface area contributed by atoms with E-state index in [0.29, 0.717) is 31.2 Å². The Balaban J connectivity index is 2.00. The predicted octanol–water partition coefficient (Wildman–Crippen LogP) is 0.960. The molecule has 7 nitrogen and oxygen atoms in total. The predicted molar refractivity (Wildman–Crippen MR) is 82.5 cm³/mol. The van der Waals surface area contributed by atoms with E-state index in [1.54, 1.807) is 11.1 Å². The largest absolute Gasteiger partial charge is 0.444 e. The van der Waals surface area contributed by atoms with Gasteiger partial charge in [0, 0.05) is 31.9 Å². The van der Waals surface area contributed by atoms with E-state index < -0.39 is 5.60 Å². The molecule has 122 valence electrons. The van der Waals surface area contributed by atoms with Crippen molar-refractivity contribution in [1.82, 2.24) is 20.4 Å². The molecule has 0 radical (unpaired) electrons. The summed E-state index contributed by atoms with van der Waals surface area (Å²) in [7, 11) is 0. The van der Waals surface area contributed by atoms with Crippen LogP contribution in [0.25, 0.3) is 0 Å². The van der Waals surface area contributed by atoms with Crippen LogP contribution < -0.4 is 10.6 Å². The van der Waals surface area contributed by atoms with Crippen LogP contribution in [0, 0.1) is 0 Å². The minimum Gasteiger partial charge on any atom is -0.444 e. The summed E-state index contributed by atoms with van der Waals surface area (Å²) in [4.78, 5) is 27.8. The van der Waals surface area contributed by atoms with Crippen molar-refractivity contribution in [2.45, 2.75) is 39.3 Å². The van der Waals surface area contributed by atoms with E-state index in [1.165, 1.54) is 0 Å². The number of nitrogens with one attached hydrogen (secondary N) is 2. The molecule has 22 heavy (non-hydrogen) atoms. The molecule has 2 aliphatic heterocycles. The van der Waals surface area contributed by atoms with Crippen molar-refractivity contribution in [3.63, 3.8) is 0 Å². The molecule has 0 aliphatic carbocycles. The van der Waals surface area contributed by atoms with E-state index >= 15 is 0 Å². The Morgan fingerprint density at radius 1 is 1.41 bits per heavy atom. The minimum absolute atomic E-state index is 0.0394. The normalized spacial score (nSPS) is 22.7. The standard InChI is InChI=1S/C15H24N4O3/c1-10-9-18(12-8-16-11(2)17-13(12)20)6-7-19(10)14(21)22-15(3,4)5/h8,10,16H,2,6-7,9H2,1,3-5H3,(H,17,20). The molecule has 0 bridgehead atoms. The molecule has 2 heterocycles.